The molecule has 0 atom stereocenters. The molecule has 3 rings (SSSR count). The van der Waals surface area contributed by atoms with Crippen LogP contribution in [0.25, 0.3) is 16.7 Å². The third-order valence-electron chi connectivity index (χ3n) is 3.75. The number of carbonyl (C=O) groups excluding carboxylic acids is 1. The molecule has 3 aromatic heterocycles. The van der Waals surface area contributed by atoms with Crippen LogP contribution in [-0.2, 0) is 0 Å². The van der Waals surface area contributed by atoms with Crippen LogP contribution in [0.2, 0.25) is 0 Å². The predicted molar refractivity (Wildman–Crippen MR) is 86.6 cm³/mol. The largest absolute Gasteiger partial charge is 0.355 e. The first-order chi connectivity index (χ1) is 11.0. The molecule has 0 aromatic carbocycles. The van der Waals surface area contributed by atoms with Crippen molar-refractivity contribution in [3.63, 3.8) is 0 Å². The maximum atomic E-state index is 12.8. The summed E-state index contributed by atoms with van der Waals surface area (Å²) in [7, 11) is 1.50. The van der Waals surface area contributed by atoms with E-state index in [4.69, 9.17) is 5.41 Å². The number of nitrogens with zero attached hydrogens (tertiary/aromatic N) is 3. The van der Waals surface area contributed by atoms with Crippen LogP contribution in [0.4, 0.5) is 0 Å². The van der Waals surface area contributed by atoms with Crippen LogP contribution >= 0.6 is 0 Å². The molecule has 7 heteroatoms. The second-order valence-corrected chi connectivity index (χ2v) is 5.53. The smallest absolute Gasteiger partial charge is 0.267 e. The molecule has 0 saturated heterocycles. The van der Waals surface area contributed by atoms with Crippen LogP contribution in [0.5, 0.6) is 0 Å². The Morgan fingerprint density at radius 1 is 1.35 bits per heavy atom. The third-order valence-corrected chi connectivity index (χ3v) is 3.75. The third kappa shape index (κ3) is 2.21. The first-order valence-electron chi connectivity index (χ1n) is 7.29. The number of hydrogen-bond donors (Lipinski definition) is 2. The van der Waals surface area contributed by atoms with Crippen molar-refractivity contribution in [2.24, 2.45) is 0 Å². The van der Waals surface area contributed by atoms with Crippen LogP contribution in [0.3, 0.4) is 0 Å². The fourth-order valence-corrected chi connectivity index (χ4v) is 2.66. The average Bonchev–Trinajstić information content (AvgIpc) is 2.53. The van der Waals surface area contributed by atoms with E-state index in [1.165, 1.54) is 17.5 Å². The molecule has 0 aliphatic rings. The van der Waals surface area contributed by atoms with Gasteiger partial charge in [0.15, 0.2) is 0 Å². The number of rotatable bonds is 2. The first kappa shape index (κ1) is 15.0. The van der Waals surface area contributed by atoms with Gasteiger partial charge in [-0.05, 0) is 32.0 Å². The summed E-state index contributed by atoms with van der Waals surface area (Å²) >= 11 is 0. The zero-order valence-electron chi connectivity index (χ0n) is 13.1. The number of aromatic nitrogens is 3. The lowest BCUT2D eigenvalue weighted by molar-refractivity contribution is 0.0960. The van der Waals surface area contributed by atoms with Gasteiger partial charge in [-0.2, -0.15) is 0 Å². The number of amides is 1. The summed E-state index contributed by atoms with van der Waals surface area (Å²) in [6, 6.07) is 6.61. The molecule has 0 fully saturated rings. The Hall–Kier alpha value is -2.96. The molecule has 7 nitrogen and oxygen atoms in total. The summed E-state index contributed by atoms with van der Waals surface area (Å²) in [5.74, 6) is -0.399. The van der Waals surface area contributed by atoms with Crippen molar-refractivity contribution in [1.82, 2.24) is 19.3 Å². The lowest BCUT2D eigenvalue weighted by Gasteiger charge is -2.16. The molecule has 0 radical (unpaired) electrons. The molecule has 2 N–H and O–H groups in total. The van der Waals surface area contributed by atoms with Crippen molar-refractivity contribution in [1.29, 1.82) is 5.41 Å². The van der Waals surface area contributed by atoms with Crippen LogP contribution in [0.15, 0.2) is 35.3 Å². The fourth-order valence-electron chi connectivity index (χ4n) is 2.66. The number of carbonyl (C=O) groups is 1. The van der Waals surface area contributed by atoms with Gasteiger partial charge < -0.3 is 9.88 Å². The molecule has 0 aliphatic carbocycles. The van der Waals surface area contributed by atoms with Gasteiger partial charge in [0.2, 0.25) is 0 Å². The van der Waals surface area contributed by atoms with Gasteiger partial charge >= 0.3 is 0 Å². The molecular weight excluding hydrogens is 294 g/mol. The van der Waals surface area contributed by atoms with Crippen molar-refractivity contribution < 1.29 is 4.79 Å². The summed E-state index contributed by atoms with van der Waals surface area (Å²) < 4.78 is 3.04. The summed E-state index contributed by atoms with van der Waals surface area (Å²) in [5, 5.41) is 11.1. The molecule has 0 spiro atoms. The van der Waals surface area contributed by atoms with Crippen molar-refractivity contribution in [2.75, 3.05) is 7.05 Å². The van der Waals surface area contributed by atoms with Gasteiger partial charge in [-0.3, -0.25) is 19.4 Å². The van der Waals surface area contributed by atoms with Crippen LogP contribution in [0, 0.1) is 5.41 Å². The van der Waals surface area contributed by atoms with Gasteiger partial charge in [0, 0.05) is 19.3 Å². The quantitative estimate of drug-likeness (QED) is 0.693. The highest BCUT2D eigenvalue weighted by Gasteiger charge is 2.17. The summed E-state index contributed by atoms with van der Waals surface area (Å²) in [5.41, 5.74) is 0.855. The number of nitrogens with one attached hydrogen (secondary N) is 2. The Bertz CT molecular complexity index is 1050. The van der Waals surface area contributed by atoms with E-state index < -0.39 is 5.91 Å². The maximum absolute atomic E-state index is 12.8. The molecule has 1 amide bonds. The van der Waals surface area contributed by atoms with E-state index in [0.717, 1.165) is 0 Å². The summed E-state index contributed by atoms with van der Waals surface area (Å²) in [4.78, 5) is 29.3. The molecule has 23 heavy (non-hydrogen) atoms. The Morgan fingerprint density at radius 2 is 2.09 bits per heavy atom. The minimum Gasteiger partial charge on any atom is -0.355 e. The highest BCUT2D eigenvalue weighted by molar-refractivity contribution is 5.96. The highest BCUT2D eigenvalue weighted by atomic mass is 16.1. The highest BCUT2D eigenvalue weighted by Crippen LogP contribution is 2.14. The van der Waals surface area contributed by atoms with Crippen molar-refractivity contribution >= 4 is 22.6 Å². The van der Waals surface area contributed by atoms with Gasteiger partial charge in [-0.15, -0.1) is 0 Å². The van der Waals surface area contributed by atoms with Crippen molar-refractivity contribution in [2.45, 2.75) is 19.9 Å². The standard InChI is InChI=1S/C16H17N5O2/c1-9(2)21-13(17)10(15(22)18-3)8-11-14(21)19-12-6-4-5-7-20(12)16(11)23/h4-9,17H,1-3H3,(H,18,22). The van der Waals surface area contributed by atoms with Gasteiger partial charge in [-0.25, -0.2) is 4.98 Å². The Kier molecular flexibility index (Phi) is 3.48. The van der Waals surface area contributed by atoms with E-state index >= 15 is 0 Å². The molecule has 0 saturated carbocycles. The minimum atomic E-state index is -0.399. The van der Waals surface area contributed by atoms with E-state index in [9.17, 15) is 9.59 Å². The second kappa shape index (κ2) is 5.35. The van der Waals surface area contributed by atoms with Gasteiger partial charge in [0.05, 0.1) is 10.9 Å². The topological polar surface area (TPSA) is 92.2 Å². The molecule has 0 unspecified atom stereocenters. The molecule has 118 valence electrons. The Morgan fingerprint density at radius 3 is 2.74 bits per heavy atom. The normalized spacial score (nSPS) is 11.3. The Balaban J connectivity index is 2.59. The lowest BCUT2D eigenvalue weighted by atomic mass is 10.2. The van der Waals surface area contributed by atoms with E-state index in [0.29, 0.717) is 16.7 Å². The summed E-state index contributed by atoms with van der Waals surface area (Å²) in [6.45, 7) is 3.78. The van der Waals surface area contributed by atoms with Crippen LogP contribution in [0.1, 0.15) is 30.2 Å². The second-order valence-electron chi connectivity index (χ2n) is 5.53. The average molecular weight is 311 g/mol. The zero-order chi connectivity index (χ0) is 16.7. The molecule has 0 aliphatic heterocycles. The fraction of sp³-hybridized carbons (Fsp3) is 0.250. The predicted octanol–water partition coefficient (Wildman–Crippen LogP) is 1.07. The molecule has 3 aromatic rings. The number of pyridine rings is 2. The van der Waals surface area contributed by atoms with Gasteiger partial charge in [0.25, 0.3) is 11.5 Å². The SMILES string of the molecule is CNC(=O)c1cc2c(=O)n3ccccc3nc2n(C(C)C)c1=N. The van der Waals surface area contributed by atoms with Gasteiger partial charge in [-0.1, -0.05) is 6.07 Å². The van der Waals surface area contributed by atoms with E-state index in [-0.39, 0.29) is 22.7 Å². The number of fused-ring (bicyclic) bond motifs is 2. The zero-order valence-corrected chi connectivity index (χ0v) is 13.1. The maximum Gasteiger partial charge on any atom is 0.267 e. The van der Waals surface area contributed by atoms with E-state index in [1.54, 1.807) is 29.0 Å². The minimum absolute atomic E-state index is 0.0408. The molecule has 3 heterocycles. The van der Waals surface area contributed by atoms with Crippen molar-refractivity contribution in [3.8, 4) is 0 Å². The van der Waals surface area contributed by atoms with E-state index in [2.05, 4.69) is 10.3 Å². The van der Waals surface area contributed by atoms with E-state index in [1.807, 2.05) is 13.8 Å². The van der Waals surface area contributed by atoms with Crippen molar-refractivity contribution in [3.05, 3.63) is 51.9 Å². The first-order valence-corrected chi connectivity index (χ1v) is 7.29. The lowest BCUT2D eigenvalue weighted by Crippen LogP contribution is -2.34. The van der Waals surface area contributed by atoms with Crippen LogP contribution < -0.4 is 16.4 Å². The van der Waals surface area contributed by atoms with Crippen LogP contribution in [-0.4, -0.2) is 26.9 Å². The molecule has 0 bridgehead atoms. The van der Waals surface area contributed by atoms with Gasteiger partial charge in [0.1, 0.15) is 16.8 Å². The number of hydrogen-bond acceptors (Lipinski definition) is 4. The monoisotopic (exact) mass is 311 g/mol. The molecular formula is C16H17N5O2. The summed E-state index contributed by atoms with van der Waals surface area (Å²) in [6.07, 6.45) is 1.64. The Labute approximate surface area is 131 Å².